The molecule has 0 aliphatic carbocycles. The van der Waals surface area contributed by atoms with Crippen molar-refractivity contribution in [2.24, 2.45) is 0 Å². The van der Waals surface area contributed by atoms with Crippen LogP contribution in [0.2, 0.25) is 10.0 Å². The van der Waals surface area contributed by atoms with Gasteiger partial charge in [-0.1, -0.05) is 35.3 Å². The number of benzene rings is 2. The molecule has 29 heavy (non-hydrogen) atoms. The van der Waals surface area contributed by atoms with Gasteiger partial charge in [-0.25, -0.2) is 8.42 Å². The van der Waals surface area contributed by atoms with Gasteiger partial charge in [0.15, 0.2) is 0 Å². The molecule has 0 bridgehead atoms. The third kappa shape index (κ3) is 4.75. The van der Waals surface area contributed by atoms with Crippen LogP contribution in [-0.2, 0) is 14.8 Å². The van der Waals surface area contributed by atoms with Crippen LogP contribution in [0.15, 0.2) is 47.4 Å². The van der Waals surface area contributed by atoms with E-state index in [9.17, 15) is 13.2 Å². The molecule has 1 saturated heterocycles. The molecule has 1 fully saturated rings. The van der Waals surface area contributed by atoms with Gasteiger partial charge >= 0.3 is 0 Å². The SMILES string of the molecule is CC(c1ccc(Cl)cc1)N(C)C(=O)c1ccc(Cl)c(S(=O)(=O)N2CCOCC2)c1. The van der Waals surface area contributed by atoms with Crippen molar-refractivity contribution in [2.75, 3.05) is 33.4 Å². The molecule has 0 spiro atoms. The molecule has 0 radical (unpaired) electrons. The van der Waals surface area contributed by atoms with E-state index in [2.05, 4.69) is 0 Å². The van der Waals surface area contributed by atoms with Crippen LogP contribution >= 0.6 is 23.2 Å². The van der Waals surface area contributed by atoms with Crippen LogP contribution in [0.4, 0.5) is 0 Å². The molecule has 2 aromatic rings. The molecule has 1 atom stereocenters. The average molecular weight is 457 g/mol. The number of nitrogens with zero attached hydrogens (tertiary/aromatic N) is 2. The summed E-state index contributed by atoms with van der Waals surface area (Å²) in [4.78, 5) is 14.5. The van der Waals surface area contributed by atoms with Crippen molar-refractivity contribution in [3.8, 4) is 0 Å². The molecule has 1 aliphatic rings. The van der Waals surface area contributed by atoms with Crippen LogP contribution in [0.1, 0.15) is 28.9 Å². The van der Waals surface area contributed by atoms with Crippen molar-refractivity contribution in [3.63, 3.8) is 0 Å². The molecule has 3 rings (SSSR count). The number of morpholine rings is 1. The molecule has 6 nitrogen and oxygen atoms in total. The Morgan fingerprint density at radius 1 is 1.10 bits per heavy atom. The number of rotatable bonds is 5. The number of sulfonamides is 1. The number of hydrogen-bond donors (Lipinski definition) is 0. The summed E-state index contributed by atoms with van der Waals surface area (Å²) in [6.45, 7) is 3.06. The van der Waals surface area contributed by atoms with Crippen LogP contribution in [0.25, 0.3) is 0 Å². The van der Waals surface area contributed by atoms with Gasteiger partial charge < -0.3 is 9.64 Å². The summed E-state index contributed by atoms with van der Waals surface area (Å²) in [6.07, 6.45) is 0. The number of halogens is 2. The third-order valence-corrected chi connectivity index (χ3v) is 7.65. The highest BCUT2D eigenvalue weighted by Gasteiger charge is 2.30. The smallest absolute Gasteiger partial charge is 0.254 e. The number of carbonyl (C=O) groups excluding carboxylic acids is 1. The molecular formula is C20H22Cl2N2O4S. The Bertz CT molecular complexity index is 990. The van der Waals surface area contributed by atoms with Crippen molar-refractivity contribution in [3.05, 3.63) is 63.6 Å². The Morgan fingerprint density at radius 3 is 2.34 bits per heavy atom. The number of carbonyl (C=O) groups is 1. The molecular weight excluding hydrogens is 435 g/mol. The van der Waals surface area contributed by atoms with E-state index in [1.54, 1.807) is 24.1 Å². The Labute approximate surface area is 181 Å². The zero-order valence-electron chi connectivity index (χ0n) is 16.1. The van der Waals surface area contributed by atoms with Gasteiger partial charge in [0.2, 0.25) is 10.0 Å². The lowest BCUT2D eigenvalue weighted by Crippen LogP contribution is -2.40. The number of amides is 1. The zero-order valence-corrected chi connectivity index (χ0v) is 18.5. The molecule has 9 heteroatoms. The van der Waals surface area contributed by atoms with E-state index in [0.29, 0.717) is 18.2 Å². The number of ether oxygens (including phenoxy) is 1. The normalized spacial score (nSPS) is 16.4. The summed E-state index contributed by atoms with van der Waals surface area (Å²) in [7, 11) is -2.14. The van der Waals surface area contributed by atoms with Gasteiger partial charge in [0.25, 0.3) is 5.91 Å². The second kappa shape index (κ2) is 9.02. The summed E-state index contributed by atoms with van der Waals surface area (Å²) >= 11 is 12.1. The summed E-state index contributed by atoms with van der Waals surface area (Å²) in [6, 6.07) is 11.3. The lowest BCUT2D eigenvalue weighted by atomic mass is 10.1. The molecule has 2 aromatic carbocycles. The van der Waals surface area contributed by atoms with Crippen molar-refractivity contribution >= 4 is 39.1 Å². The summed E-state index contributed by atoms with van der Waals surface area (Å²) < 4.78 is 32.5. The third-order valence-electron chi connectivity index (χ3n) is 5.02. The van der Waals surface area contributed by atoms with E-state index >= 15 is 0 Å². The van der Waals surface area contributed by atoms with Crippen molar-refractivity contribution in [1.82, 2.24) is 9.21 Å². The summed E-state index contributed by atoms with van der Waals surface area (Å²) in [5, 5.41) is 0.701. The monoisotopic (exact) mass is 456 g/mol. The molecule has 156 valence electrons. The minimum absolute atomic E-state index is 0.0699. The first-order chi connectivity index (χ1) is 13.7. The van der Waals surface area contributed by atoms with E-state index in [4.69, 9.17) is 27.9 Å². The molecule has 1 heterocycles. The van der Waals surface area contributed by atoms with E-state index in [-0.39, 0.29) is 40.5 Å². The Kier molecular flexibility index (Phi) is 6.86. The maximum Gasteiger partial charge on any atom is 0.254 e. The van der Waals surface area contributed by atoms with Crippen LogP contribution < -0.4 is 0 Å². The van der Waals surface area contributed by atoms with Crippen molar-refractivity contribution in [1.29, 1.82) is 0 Å². The minimum Gasteiger partial charge on any atom is -0.379 e. The Balaban J connectivity index is 1.88. The minimum atomic E-state index is -3.82. The van der Waals surface area contributed by atoms with Gasteiger partial charge in [-0.3, -0.25) is 4.79 Å². The molecule has 1 aliphatic heterocycles. The lowest BCUT2D eigenvalue weighted by molar-refractivity contribution is 0.0729. The standard InChI is InChI=1S/C20H22Cl2N2O4S/c1-14(15-3-6-17(21)7-4-15)23(2)20(25)16-5-8-18(22)19(13-16)29(26,27)24-9-11-28-12-10-24/h3-8,13-14H,9-12H2,1-2H3. The van der Waals surface area contributed by atoms with Crippen molar-refractivity contribution < 1.29 is 17.9 Å². The molecule has 0 aromatic heterocycles. The molecule has 0 N–H and O–H groups in total. The fourth-order valence-corrected chi connectivity index (χ4v) is 5.14. The highest BCUT2D eigenvalue weighted by molar-refractivity contribution is 7.89. The van der Waals surface area contributed by atoms with Crippen molar-refractivity contribution in [2.45, 2.75) is 17.9 Å². The van der Waals surface area contributed by atoms with Gasteiger partial charge in [-0.2, -0.15) is 4.31 Å². The van der Waals surface area contributed by atoms with Crippen LogP contribution in [0.3, 0.4) is 0 Å². The molecule has 0 saturated carbocycles. The first-order valence-corrected chi connectivity index (χ1v) is 11.3. The average Bonchev–Trinajstić information content (AvgIpc) is 2.73. The van der Waals surface area contributed by atoms with E-state index in [1.165, 1.54) is 22.5 Å². The maximum atomic E-state index is 13.0. The van der Waals surface area contributed by atoms with Crippen LogP contribution in [0.5, 0.6) is 0 Å². The predicted octanol–water partition coefficient (Wildman–Crippen LogP) is 3.85. The first kappa shape index (κ1) is 22.1. The largest absolute Gasteiger partial charge is 0.379 e. The van der Waals surface area contributed by atoms with E-state index in [0.717, 1.165) is 5.56 Å². The second-order valence-electron chi connectivity index (χ2n) is 6.81. The maximum absolute atomic E-state index is 13.0. The fourth-order valence-electron chi connectivity index (χ4n) is 3.10. The van der Waals surface area contributed by atoms with Gasteiger partial charge in [-0.15, -0.1) is 0 Å². The Hall–Kier alpha value is -1.64. The molecule has 1 amide bonds. The highest BCUT2D eigenvalue weighted by Crippen LogP contribution is 2.28. The molecule has 1 unspecified atom stereocenters. The predicted molar refractivity (Wildman–Crippen MR) is 113 cm³/mol. The number of hydrogen-bond acceptors (Lipinski definition) is 4. The van der Waals surface area contributed by atoms with Crippen LogP contribution in [-0.4, -0.2) is 56.9 Å². The second-order valence-corrected chi connectivity index (χ2v) is 9.56. The topological polar surface area (TPSA) is 66.9 Å². The first-order valence-electron chi connectivity index (χ1n) is 9.12. The lowest BCUT2D eigenvalue weighted by Gasteiger charge is -2.27. The summed E-state index contributed by atoms with van der Waals surface area (Å²) in [5.41, 5.74) is 1.17. The van der Waals surface area contributed by atoms with Gasteiger partial charge in [0, 0.05) is 30.7 Å². The summed E-state index contributed by atoms with van der Waals surface area (Å²) in [5.74, 6) is -0.303. The quantitative estimate of drug-likeness (QED) is 0.684. The van der Waals surface area contributed by atoms with Gasteiger partial charge in [0.05, 0.1) is 24.3 Å². The van der Waals surface area contributed by atoms with Gasteiger partial charge in [-0.05, 0) is 42.8 Å². The van der Waals surface area contributed by atoms with Gasteiger partial charge in [0.1, 0.15) is 4.90 Å². The fraction of sp³-hybridized carbons (Fsp3) is 0.350. The van der Waals surface area contributed by atoms with Crippen LogP contribution in [0, 0.1) is 0 Å². The Morgan fingerprint density at radius 2 is 1.72 bits per heavy atom. The highest BCUT2D eigenvalue weighted by atomic mass is 35.5. The van der Waals surface area contributed by atoms with E-state index in [1.807, 2.05) is 19.1 Å². The zero-order chi connectivity index (χ0) is 21.2. The van der Waals surface area contributed by atoms with E-state index < -0.39 is 10.0 Å².